The number of hydrogen-bond donors (Lipinski definition) is 2. The summed E-state index contributed by atoms with van der Waals surface area (Å²) < 4.78 is 12.6. The molecule has 1 aromatic heterocycles. The van der Waals surface area contributed by atoms with Crippen molar-refractivity contribution in [3.05, 3.63) is 29.8 Å². The first-order valence-electron chi connectivity index (χ1n) is 4.80. The van der Waals surface area contributed by atoms with E-state index < -0.39 is 5.95 Å². The molecule has 1 aliphatic rings. The first kappa shape index (κ1) is 9.55. The van der Waals surface area contributed by atoms with Gasteiger partial charge in [0, 0.05) is 24.7 Å². The normalized spacial score (nSPS) is 26.7. The van der Waals surface area contributed by atoms with Gasteiger partial charge in [0.15, 0.2) is 0 Å². The number of nitrogens with two attached hydrogens (primary N) is 1. The molecule has 3 nitrogen and oxygen atoms in total. The second kappa shape index (κ2) is 3.63. The smallest absolute Gasteiger partial charge is 0.212 e. The molecule has 2 heterocycles. The van der Waals surface area contributed by atoms with Gasteiger partial charge in [-0.05, 0) is 24.6 Å². The lowest BCUT2D eigenvalue weighted by atomic mass is 9.81. The Morgan fingerprint density at radius 2 is 2.43 bits per heavy atom. The van der Waals surface area contributed by atoms with Crippen LogP contribution in [0.15, 0.2) is 18.3 Å². The summed E-state index contributed by atoms with van der Waals surface area (Å²) in [4.78, 5) is 3.67. The molecule has 0 saturated carbocycles. The molecule has 76 valence electrons. The van der Waals surface area contributed by atoms with Crippen molar-refractivity contribution in [2.24, 2.45) is 5.73 Å². The highest BCUT2D eigenvalue weighted by molar-refractivity contribution is 5.25. The van der Waals surface area contributed by atoms with Crippen LogP contribution in [0.1, 0.15) is 12.0 Å². The van der Waals surface area contributed by atoms with E-state index in [1.807, 2.05) is 0 Å². The molecule has 1 saturated heterocycles. The van der Waals surface area contributed by atoms with Gasteiger partial charge in [0.05, 0.1) is 0 Å². The van der Waals surface area contributed by atoms with E-state index in [4.69, 9.17) is 5.73 Å². The van der Waals surface area contributed by atoms with Gasteiger partial charge in [-0.15, -0.1) is 0 Å². The summed E-state index contributed by atoms with van der Waals surface area (Å²) in [5, 5.41) is 3.28. The van der Waals surface area contributed by atoms with Crippen LogP contribution in [0.3, 0.4) is 0 Å². The Morgan fingerprint density at radius 3 is 2.93 bits per heavy atom. The van der Waals surface area contributed by atoms with Gasteiger partial charge in [0.2, 0.25) is 5.95 Å². The van der Waals surface area contributed by atoms with Gasteiger partial charge in [-0.3, -0.25) is 0 Å². The van der Waals surface area contributed by atoms with Crippen LogP contribution in [0.5, 0.6) is 0 Å². The molecule has 0 bridgehead atoms. The standard InChI is InChI=1S/C10H14FN3/c11-9-2-1-8(5-14-9)10(6-12)3-4-13-7-10/h1-2,5,13H,3-4,6-7,12H2. The van der Waals surface area contributed by atoms with Crippen LogP contribution in [-0.4, -0.2) is 24.6 Å². The first-order chi connectivity index (χ1) is 6.77. The van der Waals surface area contributed by atoms with Gasteiger partial charge in [-0.2, -0.15) is 4.39 Å². The van der Waals surface area contributed by atoms with Gasteiger partial charge in [0.1, 0.15) is 0 Å². The Balaban J connectivity index is 2.31. The van der Waals surface area contributed by atoms with E-state index in [2.05, 4.69) is 10.3 Å². The average molecular weight is 195 g/mol. The Hall–Kier alpha value is -1.00. The van der Waals surface area contributed by atoms with Gasteiger partial charge in [-0.25, -0.2) is 4.98 Å². The lowest BCUT2D eigenvalue weighted by Crippen LogP contribution is -2.37. The third-order valence-corrected chi connectivity index (χ3v) is 2.97. The minimum absolute atomic E-state index is 0.0410. The minimum atomic E-state index is -0.438. The number of nitrogens with zero attached hydrogens (tertiary/aromatic N) is 1. The zero-order chi connectivity index (χ0) is 10.0. The highest BCUT2D eigenvalue weighted by Gasteiger charge is 2.34. The number of rotatable bonds is 2. The maximum Gasteiger partial charge on any atom is 0.212 e. The molecule has 14 heavy (non-hydrogen) atoms. The predicted octanol–water partition coefficient (Wildman–Crippen LogP) is 0.410. The summed E-state index contributed by atoms with van der Waals surface area (Å²) in [6.07, 6.45) is 2.59. The molecule has 0 aliphatic carbocycles. The molecule has 0 aromatic carbocycles. The lowest BCUT2D eigenvalue weighted by molar-refractivity contribution is 0.477. The summed E-state index contributed by atoms with van der Waals surface area (Å²) in [6.45, 7) is 2.40. The Morgan fingerprint density at radius 1 is 1.57 bits per heavy atom. The summed E-state index contributed by atoms with van der Waals surface area (Å²) in [7, 11) is 0. The van der Waals surface area contributed by atoms with Crippen molar-refractivity contribution >= 4 is 0 Å². The Kier molecular flexibility index (Phi) is 2.48. The zero-order valence-corrected chi connectivity index (χ0v) is 7.96. The van der Waals surface area contributed by atoms with Crippen LogP contribution in [0.2, 0.25) is 0 Å². The number of pyridine rings is 1. The molecule has 1 atom stereocenters. The SMILES string of the molecule is NCC1(c2ccc(F)nc2)CCNC1. The molecule has 4 heteroatoms. The molecular weight excluding hydrogens is 181 g/mol. The second-order valence-electron chi connectivity index (χ2n) is 3.78. The topological polar surface area (TPSA) is 50.9 Å². The maximum absolute atomic E-state index is 12.6. The van der Waals surface area contributed by atoms with Crippen molar-refractivity contribution in [3.63, 3.8) is 0 Å². The van der Waals surface area contributed by atoms with E-state index in [-0.39, 0.29) is 5.41 Å². The van der Waals surface area contributed by atoms with Crippen molar-refractivity contribution in [3.8, 4) is 0 Å². The van der Waals surface area contributed by atoms with Crippen molar-refractivity contribution in [1.82, 2.24) is 10.3 Å². The molecular formula is C10H14FN3. The summed E-state index contributed by atoms with van der Waals surface area (Å²) in [5.74, 6) is -0.438. The van der Waals surface area contributed by atoms with Gasteiger partial charge in [-0.1, -0.05) is 6.07 Å². The summed E-state index contributed by atoms with van der Waals surface area (Å²) >= 11 is 0. The van der Waals surface area contributed by atoms with Crippen LogP contribution >= 0.6 is 0 Å². The van der Waals surface area contributed by atoms with Crippen molar-refractivity contribution in [2.45, 2.75) is 11.8 Å². The fourth-order valence-corrected chi connectivity index (χ4v) is 1.97. The quantitative estimate of drug-likeness (QED) is 0.672. The molecule has 1 fully saturated rings. The van der Waals surface area contributed by atoms with E-state index in [1.165, 1.54) is 6.07 Å². The van der Waals surface area contributed by atoms with Gasteiger partial charge < -0.3 is 11.1 Å². The maximum atomic E-state index is 12.6. The lowest BCUT2D eigenvalue weighted by Gasteiger charge is -2.26. The van der Waals surface area contributed by atoms with Crippen LogP contribution < -0.4 is 11.1 Å². The van der Waals surface area contributed by atoms with E-state index in [1.54, 1.807) is 12.3 Å². The first-order valence-corrected chi connectivity index (χ1v) is 4.80. The van der Waals surface area contributed by atoms with E-state index >= 15 is 0 Å². The second-order valence-corrected chi connectivity index (χ2v) is 3.78. The fourth-order valence-electron chi connectivity index (χ4n) is 1.97. The number of aromatic nitrogens is 1. The number of hydrogen-bond acceptors (Lipinski definition) is 3. The Labute approximate surface area is 82.5 Å². The van der Waals surface area contributed by atoms with Crippen LogP contribution in [0, 0.1) is 5.95 Å². The molecule has 1 aliphatic heterocycles. The van der Waals surface area contributed by atoms with Crippen molar-refractivity contribution < 1.29 is 4.39 Å². The zero-order valence-electron chi connectivity index (χ0n) is 7.96. The van der Waals surface area contributed by atoms with Gasteiger partial charge in [0.25, 0.3) is 0 Å². The van der Waals surface area contributed by atoms with E-state index in [0.717, 1.165) is 25.1 Å². The Bertz CT molecular complexity index is 304. The molecule has 3 N–H and O–H groups in total. The highest BCUT2D eigenvalue weighted by atomic mass is 19.1. The van der Waals surface area contributed by atoms with Crippen LogP contribution in [0.25, 0.3) is 0 Å². The largest absolute Gasteiger partial charge is 0.330 e. The van der Waals surface area contributed by atoms with Crippen LogP contribution in [-0.2, 0) is 5.41 Å². The number of nitrogens with one attached hydrogen (secondary N) is 1. The number of halogens is 1. The van der Waals surface area contributed by atoms with Gasteiger partial charge >= 0.3 is 0 Å². The van der Waals surface area contributed by atoms with E-state index in [9.17, 15) is 4.39 Å². The fraction of sp³-hybridized carbons (Fsp3) is 0.500. The molecule has 1 unspecified atom stereocenters. The monoisotopic (exact) mass is 195 g/mol. The summed E-state index contributed by atoms with van der Waals surface area (Å²) in [6, 6.07) is 3.17. The van der Waals surface area contributed by atoms with Crippen molar-refractivity contribution in [1.29, 1.82) is 0 Å². The highest BCUT2D eigenvalue weighted by Crippen LogP contribution is 2.28. The molecule has 0 radical (unpaired) electrons. The molecule has 0 amide bonds. The van der Waals surface area contributed by atoms with E-state index in [0.29, 0.717) is 6.54 Å². The van der Waals surface area contributed by atoms with Crippen LogP contribution in [0.4, 0.5) is 4.39 Å². The molecule has 0 spiro atoms. The third-order valence-electron chi connectivity index (χ3n) is 2.97. The predicted molar refractivity (Wildman–Crippen MR) is 52.4 cm³/mol. The minimum Gasteiger partial charge on any atom is -0.330 e. The average Bonchev–Trinajstić information content (AvgIpc) is 2.68. The molecule has 2 rings (SSSR count). The molecule has 1 aromatic rings. The van der Waals surface area contributed by atoms with Crippen molar-refractivity contribution in [2.75, 3.05) is 19.6 Å². The third kappa shape index (κ3) is 1.51. The summed E-state index contributed by atoms with van der Waals surface area (Å²) in [5.41, 5.74) is 6.77.